The predicted molar refractivity (Wildman–Crippen MR) is 82.2 cm³/mol. The molecular formula is C14H25N5O. The van der Waals surface area contributed by atoms with Gasteiger partial charge in [0.2, 0.25) is 0 Å². The van der Waals surface area contributed by atoms with Gasteiger partial charge in [0.05, 0.1) is 11.3 Å². The van der Waals surface area contributed by atoms with E-state index in [1.807, 2.05) is 39.2 Å². The second kappa shape index (κ2) is 8.50. The summed E-state index contributed by atoms with van der Waals surface area (Å²) in [6.07, 6.45) is 3.31. The van der Waals surface area contributed by atoms with Gasteiger partial charge in [0, 0.05) is 38.6 Å². The second-order valence-electron chi connectivity index (χ2n) is 5.25. The van der Waals surface area contributed by atoms with Crippen molar-refractivity contribution in [2.75, 3.05) is 59.7 Å². The number of amides is 1. The molecule has 1 aromatic rings. The lowest BCUT2D eigenvalue weighted by Crippen LogP contribution is -2.31. The van der Waals surface area contributed by atoms with Crippen LogP contribution in [-0.2, 0) is 0 Å². The van der Waals surface area contributed by atoms with Crippen LogP contribution >= 0.6 is 0 Å². The number of aromatic nitrogens is 1. The molecule has 0 radical (unpaired) electrons. The summed E-state index contributed by atoms with van der Waals surface area (Å²) < 4.78 is 0. The maximum atomic E-state index is 12.0. The molecule has 2 N–H and O–H groups in total. The zero-order valence-electron chi connectivity index (χ0n) is 12.8. The Balaban J connectivity index is 2.47. The quantitative estimate of drug-likeness (QED) is 0.719. The van der Waals surface area contributed by atoms with Crippen molar-refractivity contribution in [1.29, 1.82) is 0 Å². The van der Waals surface area contributed by atoms with Crippen LogP contribution in [-0.4, -0.2) is 75.1 Å². The standard InChI is InChI=1S/C14H25N5O/c1-18(2)7-5-16-13-9-12(10-15-11-13)14(20)17-6-8-19(3)4/h9-11,16H,5-8H2,1-4H3,(H,17,20). The van der Waals surface area contributed by atoms with E-state index >= 15 is 0 Å². The Kier molecular flexibility index (Phi) is 6.97. The molecule has 0 spiro atoms. The Bertz CT molecular complexity index is 420. The molecule has 1 amide bonds. The number of carbonyl (C=O) groups excluding carboxylic acids is 1. The Hall–Kier alpha value is -1.66. The van der Waals surface area contributed by atoms with Crippen LogP contribution < -0.4 is 10.6 Å². The van der Waals surface area contributed by atoms with E-state index < -0.39 is 0 Å². The third kappa shape index (κ3) is 6.49. The number of pyridine rings is 1. The summed E-state index contributed by atoms with van der Waals surface area (Å²) in [5.41, 5.74) is 1.45. The number of rotatable bonds is 8. The van der Waals surface area contributed by atoms with Crippen LogP contribution in [0.5, 0.6) is 0 Å². The molecule has 1 aromatic heterocycles. The van der Waals surface area contributed by atoms with E-state index in [0.29, 0.717) is 12.1 Å². The van der Waals surface area contributed by atoms with Crippen molar-refractivity contribution in [3.63, 3.8) is 0 Å². The van der Waals surface area contributed by atoms with Gasteiger partial charge in [-0.05, 0) is 34.3 Å². The number of carbonyl (C=O) groups is 1. The highest BCUT2D eigenvalue weighted by molar-refractivity contribution is 5.94. The summed E-state index contributed by atoms with van der Waals surface area (Å²) in [4.78, 5) is 20.2. The summed E-state index contributed by atoms with van der Waals surface area (Å²) in [5.74, 6) is -0.0874. The Morgan fingerprint density at radius 3 is 2.40 bits per heavy atom. The molecule has 6 heteroatoms. The molecule has 112 valence electrons. The zero-order chi connectivity index (χ0) is 15.0. The van der Waals surface area contributed by atoms with Crippen LogP contribution in [0.15, 0.2) is 18.5 Å². The predicted octanol–water partition coefficient (Wildman–Crippen LogP) is 0.347. The second-order valence-corrected chi connectivity index (χ2v) is 5.25. The molecule has 0 atom stereocenters. The molecule has 0 aliphatic carbocycles. The fourth-order valence-electron chi connectivity index (χ4n) is 1.58. The van der Waals surface area contributed by atoms with Gasteiger partial charge in [0.15, 0.2) is 0 Å². The Morgan fingerprint density at radius 1 is 1.10 bits per heavy atom. The van der Waals surface area contributed by atoms with Crippen molar-refractivity contribution in [2.24, 2.45) is 0 Å². The number of anilines is 1. The van der Waals surface area contributed by atoms with Crippen molar-refractivity contribution < 1.29 is 4.79 Å². The van der Waals surface area contributed by atoms with E-state index in [9.17, 15) is 4.79 Å². The number of nitrogens with zero attached hydrogens (tertiary/aromatic N) is 3. The highest BCUT2D eigenvalue weighted by atomic mass is 16.1. The van der Waals surface area contributed by atoms with Crippen LogP contribution in [0.3, 0.4) is 0 Å². The van der Waals surface area contributed by atoms with Gasteiger partial charge >= 0.3 is 0 Å². The lowest BCUT2D eigenvalue weighted by molar-refractivity contribution is 0.0950. The van der Waals surface area contributed by atoms with E-state index in [1.165, 1.54) is 0 Å². The minimum Gasteiger partial charge on any atom is -0.382 e. The average molecular weight is 279 g/mol. The van der Waals surface area contributed by atoms with Crippen LogP contribution in [0.2, 0.25) is 0 Å². The molecule has 0 bridgehead atoms. The molecule has 0 unspecified atom stereocenters. The van der Waals surface area contributed by atoms with Crippen LogP contribution in [0.4, 0.5) is 5.69 Å². The monoisotopic (exact) mass is 279 g/mol. The van der Waals surface area contributed by atoms with Gasteiger partial charge in [0.25, 0.3) is 5.91 Å². The van der Waals surface area contributed by atoms with E-state index in [0.717, 1.165) is 25.3 Å². The molecule has 20 heavy (non-hydrogen) atoms. The smallest absolute Gasteiger partial charge is 0.252 e. The van der Waals surface area contributed by atoms with E-state index in [2.05, 4.69) is 20.5 Å². The first-order chi connectivity index (χ1) is 9.49. The van der Waals surface area contributed by atoms with Crippen molar-refractivity contribution >= 4 is 11.6 Å². The third-order valence-electron chi connectivity index (χ3n) is 2.73. The van der Waals surface area contributed by atoms with E-state index in [-0.39, 0.29) is 5.91 Å². The van der Waals surface area contributed by atoms with Gasteiger partial charge in [-0.25, -0.2) is 0 Å². The largest absolute Gasteiger partial charge is 0.382 e. The first kappa shape index (κ1) is 16.4. The van der Waals surface area contributed by atoms with Crippen molar-refractivity contribution in [3.05, 3.63) is 24.0 Å². The van der Waals surface area contributed by atoms with Gasteiger partial charge in [-0.2, -0.15) is 0 Å². The summed E-state index contributed by atoms with van der Waals surface area (Å²) in [7, 11) is 8.00. The summed E-state index contributed by atoms with van der Waals surface area (Å²) in [5, 5.41) is 6.13. The SMILES string of the molecule is CN(C)CCNC(=O)c1cncc(NCCN(C)C)c1. The van der Waals surface area contributed by atoms with Gasteiger partial charge in [-0.1, -0.05) is 0 Å². The van der Waals surface area contributed by atoms with Gasteiger partial charge < -0.3 is 20.4 Å². The van der Waals surface area contributed by atoms with Crippen molar-refractivity contribution in [3.8, 4) is 0 Å². The first-order valence-corrected chi connectivity index (χ1v) is 6.75. The number of hydrogen-bond donors (Lipinski definition) is 2. The van der Waals surface area contributed by atoms with Crippen molar-refractivity contribution in [2.45, 2.75) is 0 Å². The molecule has 0 saturated carbocycles. The minimum atomic E-state index is -0.0874. The normalized spacial score (nSPS) is 10.9. The molecule has 0 saturated heterocycles. The molecule has 1 rings (SSSR count). The minimum absolute atomic E-state index is 0.0874. The van der Waals surface area contributed by atoms with Gasteiger partial charge in [-0.15, -0.1) is 0 Å². The van der Waals surface area contributed by atoms with E-state index in [1.54, 1.807) is 12.4 Å². The topological polar surface area (TPSA) is 60.5 Å². The maximum Gasteiger partial charge on any atom is 0.252 e. The van der Waals surface area contributed by atoms with Crippen LogP contribution in [0.1, 0.15) is 10.4 Å². The van der Waals surface area contributed by atoms with E-state index in [4.69, 9.17) is 0 Å². The highest BCUT2D eigenvalue weighted by Crippen LogP contribution is 2.07. The Labute approximate surface area is 121 Å². The van der Waals surface area contributed by atoms with Gasteiger partial charge in [0.1, 0.15) is 0 Å². The number of hydrogen-bond acceptors (Lipinski definition) is 5. The number of nitrogens with one attached hydrogen (secondary N) is 2. The first-order valence-electron chi connectivity index (χ1n) is 6.75. The molecule has 0 aromatic carbocycles. The fraction of sp³-hybridized carbons (Fsp3) is 0.571. The maximum absolute atomic E-state index is 12.0. The molecule has 1 heterocycles. The molecule has 0 aliphatic rings. The lowest BCUT2D eigenvalue weighted by atomic mass is 10.2. The summed E-state index contributed by atoms with van der Waals surface area (Å²) >= 11 is 0. The zero-order valence-corrected chi connectivity index (χ0v) is 12.8. The third-order valence-corrected chi connectivity index (χ3v) is 2.73. The number of likely N-dealkylation sites (N-methyl/N-ethyl adjacent to an activating group) is 2. The fourth-order valence-corrected chi connectivity index (χ4v) is 1.58. The van der Waals surface area contributed by atoms with Crippen LogP contribution in [0, 0.1) is 0 Å². The lowest BCUT2D eigenvalue weighted by Gasteiger charge is -2.12. The average Bonchev–Trinajstić information content (AvgIpc) is 2.38. The van der Waals surface area contributed by atoms with Gasteiger partial charge in [-0.3, -0.25) is 9.78 Å². The molecule has 6 nitrogen and oxygen atoms in total. The highest BCUT2D eigenvalue weighted by Gasteiger charge is 2.06. The van der Waals surface area contributed by atoms with Crippen LogP contribution in [0.25, 0.3) is 0 Å². The molecule has 0 fully saturated rings. The van der Waals surface area contributed by atoms with Crippen molar-refractivity contribution in [1.82, 2.24) is 20.1 Å². The summed E-state index contributed by atoms with van der Waals surface area (Å²) in [6.45, 7) is 3.20. The molecule has 0 aliphatic heterocycles. The molecular weight excluding hydrogens is 254 g/mol. The Morgan fingerprint density at radius 2 is 1.75 bits per heavy atom. The summed E-state index contributed by atoms with van der Waals surface area (Å²) in [6, 6.07) is 1.83.